The minimum absolute atomic E-state index is 0.0167. The zero-order valence-electron chi connectivity index (χ0n) is 20.5. The second kappa shape index (κ2) is 17.2. The van der Waals surface area contributed by atoms with Gasteiger partial charge in [-0.05, 0) is 17.9 Å². The van der Waals surface area contributed by atoms with E-state index < -0.39 is 29.9 Å². The van der Waals surface area contributed by atoms with Crippen molar-refractivity contribution in [2.45, 2.75) is 44.8 Å². The van der Waals surface area contributed by atoms with Crippen LogP contribution in [0.3, 0.4) is 0 Å². The first-order valence-electron chi connectivity index (χ1n) is 11.6. The molecule has 0 bridgehead atoms. The molecule has 1 aromatic rings. The highest BCUT2D eigenvalue weighted by molar-refractivity contribution is 5.93. The first kappa shape index (κ1) is 29.7. The number of carbonyl (C=O) groups is 4. The standard InChI is InChI=1S/C26H37N3O6/c1-5-12-34-17-21(16-30)27-25(32)22(14-19(3)4)29-26(33)23(18-35-13-6-2)28-24(31)15-20-10-8-7-9-11-20/h5-11,16,19,21-23H,1-2,12-15,17-18H2,3-4H3,(H,27,32)(H,28,31)(H,29,33). The van der Waals surface area contributed by atoms with Crippen LogP contribution in [0.5, 0.6) is 0 Å². The highest BCUT2D eigenvalue weighted by Gasteiger charge is 2.28. The lowest BCUT2D eigenvalue weighted by molar-refractivity contribution is -0.134. The second-order valence-corrected chi connectivity index (χ2v) is 8.38. The fourth-order valence-electron chi connectivity index (χ4n) is 3.13. The summed E-state index contributed by atoms with van der Waals surface area (Å²) >= 11 is 0. The number of rotatable bonds is 18. The third kappa shape index (κ3) is 12.7. The van der Waals surface area contributed by atoms with E-state index in [1.807, 2.05) is 44.2 Å². The van der Waals surface area contributed by atoms with E-state index in [2.05, 4.69) is 29.1 Å². The van der Waals surface area contributed by atoms with Crippen LogP contribution in [0.25, 0.3) is 0 Å². The second-order valence-electron chi connectivity index (χ2n) is 8.38. The van der Waals surface area contributed by atoms with Crippen molar-refractivity contribution in [3.8, 4) is 0 Å². The number of ether oxygens (including phenoxy) is 2. The normalized spacial score (nSPS) is 13.2. The van der Waals surface area contributed by atoms with Crippen LogP contribution in [-0.2, 0) is 35.1 Å². The molecule has 3 unspecified atom stereocenters. The molecule has 0 saturated heterocycles. The number of benzene rings is 1. The van der Waals surface area contributed by atoms with Gasteiger partial charge in [0.1, 0.15) is 24.4 Å². The molecule has 0 aromatic heterocycles. The van der Waals surface area contributed by atoms with E-state index in [4.69, 9.17) is 9.47 Å². The van der Waals surface area contributed by atoms with E-state index >= 15 is 0 Å². The number of hydrogen-bond donors (Lipinski definition) is 3. The molecule has 3 atom stereocenters. The van der Waals surface area contributed by atoms with Crippen molar-refractivity contribution in [2.75, 3.05) is 26.4 Å². The van der Waals surface area contributed by atoms with Gasteiger partial charge in [-0.2, -0.15) is 0 Å². The lowest BCUT2D eigenvalue weighted by Gasteiger charge is -2.25. The first-order valence-corrected chi connectivity index (χ1v) is 11.6. The zero-order valence-corrected chi connectivity index (χ0v) is 20.5. The Hall–Kier alpha value is -3.30. The van der Waals surface area contributed by atoms with Crippen LogP contribution in [0.1, 0.15) is 25.8 Å². The number of aldehydes is 1. The van der Waals surface area contributed by atoms with Crippen LogP contribution in [0, 0.1) is 5.92 Å². The summed E-state index contributed by atoms with van der Waals surface area (Å²) in [5.74, 6) is -1.38. The van der Waals surface area contributed by atoms with Crippen molar-refractivity contribution in [3.63, 3.8) is 0 Å². The predicted molar refractivity (Wildman–Crippen MR) is 133 cm³/mol. The van der Waals surface area contributed by atoms with E-state index in [1.54, 1.807) is 0 Å². The van der Waals surface area contributed by atoms with Crippen LogP contribution in [-0.4, -0.2) is 68.6 Å². The van der Waals surface area contributed by atoms with Crippen LogP contribution in [0.4, 0.5) is 0 Å². The molecule has 9 heteroatoms. The van der Waals surface area contributed by atoms with Crippen LogP contribution in [0.15, 0.2) is 55.6 Å². The lowest BCUT2D eigenvalue weighted by atomic mass is 10.0. The van der Waals surface area contributed by atoms with Crippen molar-refractivity contribution in [1.82, 2.24) is 16.0 Å². The third-order valence-corrected chi connectivity index (χ3v) is 4.74. The minimum atomic E-state index is -1.02. The Morgan fingerprint density at radius 3 is 2.06 bits per heavy atom. The van der Waals surface area contributed by atoms with Crippen molar-refractivity contribution in [2.24, 2.45) is 5.92 Å². The Balaban J connectivity index is 2.88. The van der Waals surface area contributed by atoms with Gasteiger partial charge in [0.05, 0.1) is 32.8 Å². The molecule has 9 nitrogen and oxygen atoms in total. The Labute approximate surface area is 207 Å². The molecule has 0 radical (unpaired) electrons. The number of amides is 3. The summed E-state index contributed by atoms with van der Waals surface area (Å²) in [7, 11) is 0. The molecule has 0 aliphatic carbocycles. The fourth-order valence-corrected chi connectivity index (χ4v) is 3.13. The number of nitrogens with one attached hydrogen (secondary N) is 3. The summed E-state index contributed by atoms with van der Waals surface area (Å²) < 4.78 is 10.7. The zero-order chi connectivity index (χ0) is 26.1. The molecule has 192 valence electrons. The summed E-state index contributed by atoms with van der Waals surface area (Å²) in [6.07, 6.45) is 4.06. The predicted octanol–water partition coefficient (Wildman–Crippen LogP) is 1.33. The Morgan fingerprint density at radius 2 is 1.49 bits per heavy atom. The molecule has 0 spiro atoms. The maximum absolute atomic E-state index is 13.1. The third-order valence-electron chi connectivity index (χ3n) is 4.74. The van der Waals surface area contributed by atoms with E-state index in [-0.39, 0.29) is 44.7 Å². The first-order chi connectivity index (χ1) is 16.8. The van der Waals surface area contributed by atoms with Gasteiger partial charge in [-0.15, -0.1) is 13.2 Å². The Kier molecular flexibility index (Phi) is 14.6. The largest absolute Gasteiger partial charge is 0.375 e. The summed E-state index contributed by atoms with van der Waals surface area (Å²) in [6.45, 7) is 11.2. The lowest BCUT2D eigenvalue weighted by Crippen LogP contribution is -2.57. The van der Waals surface area contributed by atoms with Crippen molar-refractivity contribution in [3.05, 3.63) is 61.2 Å². The van der Waals surface area contributed by atoms with E-state index in [9.17, 15) is 19.2 Å². The summed E-state index contributed by atoms with van der Waals surface area (Å²) in [5, 5.41) is 7.97. The van der Waals surface area contributed by atoms with Crippen molar-refractivity contribution < 1.29 is 28.7 Å². The average molecular weight is 488 g/mol. The quantitative estimate of drug-likeness (QED) is 0.163. The Bertz CT molecular complexity index is 828. The summed E-state index contributed by atoms with van der Waals surface area (Å²) in [6, 6.07) is 6.31. The summed E-state index contributed by atoms with van der Waals surface area (Å²) in [4.78, 5) is 49.9. The molecule has 0 aliphatic rings. The molecule has 35 heavy (non-hydrogen) atoms. The highest BCUT2D eigenvalue weighted by Crippen LogP contribution is 2.07. The SMILES string of the molecule is C=CCOCC(C=O)NC(=O)C(CC(C)C)NC(=O)C(COCC=C)NC(=O)Cc1ccccc1. The fraction of sp³-hybridized carbons (Fsp3) is 0.462. The average Bonchev–Trinajstić information content (AvgIpc) is 2.82. The van der Waals surface area contributed by atoms with Crippen LogP contribution in [0.2, 0.25) is 0 Å². The van der Waals surface area contributed by atoms with E-state index in [0.717, 1.165) is 5.56 Å². The smallest absolute Gasteiger partial charge is 0.245 e. The highest BCUT2D eigenvalue weighted by atomic mass is 16.5. The van der Waals surface area contributed by atoms with E-state index in [1.165, 1.54) is 12.2 Å². The topological polar surface area (TPSA) is 123 Å². The van der Waals surface area contributed by atoms with Gasteiger partial charge < -0.3 is 30.2 Å². The van der Waals surface area contributed by atoms with Gasteiger partial charge in [-0.25, -0.2) is 0 Å². The van der Waals surface area contributed by atoms with Gasteiger partial charge in [-0.3, -0.25) is 14.4 Å². The monoisotopic (exact) mass is 487 g/mol. The number of carbonyl (C=O) groups excluding carboxylic acids is 4. The molecular weight excluding hydrogens is 450 g/mol. The molecule has 0 saturated carbocycles. The van der Waals surface area contributed by atoms with Gasteiger partial charge in [0, 0.05) is 0 Å². The molecule has 1 rings (SSSR count). The van der Waals surface area contributed by atoms with Gasteiger partial charge in [-0.1, -0.05) is 56.3 Å². The molecular formula is C26H37N3O6. The van der Waals surface area contributed by atoms with Gasteiger partial charge in [0.25, 0.3) is 0 Å². The van der Waals surface area contributed by atoms with Crippen LogP contribution >= 0.6 is 0 Å². The molecule has 3 N–H and O–H groups in total. The molecule has 3 amide bonds. The maximum Gasteiger partial charge on any atom is 0.245 e. The van der Waals surface area contributed by atoms with Crippen LogP contribution < -0.4 is 16.0 Å². The molecule has 0 aliphatic heterocycles. The van der Waals surface area contributed by atoms with E-state index in [0.29, 0.717) is 12.7 Å². The molecule has 0 heterocycles. The minimum Gasteiger partial charge on any atom is -0.375 e. The van der Waals surface area contributed by atoms with Crippen molar-refractivity contribution in [1.29, 1.82) is 0 Å². The van der Waals surface area contributed by atoms with Gasteiger partial charge >= 0.3 is 0 Å². The maximum atomic E-state index is 13.1. The molecule has 1 aromatic carbocycles. The number of hydrogen-bond acceptors (Lipinski definition) is 6. The Morgan fingerprint density at radius 1 is 0.886 bits per heavy atom. The summed E-state index contributed by atoms with van der Waals surface area (Å²) in [5.41, 5.74) is 0.798. The van der Waals surface area contributed by atoms with Gasteiger partial charge in [0.15, 0.2) is 0 Å². The van der Waals surface area contributed by atoms with Crippen molar-refractivity contribution >= 4 is 24.0 Å². The molecule has 0 fully saturated rings. The van der Waals surface area contributed by atoms with Gasteiger partial charge in [0.2, 0.25) is 17.7 Å².